The fourth-order valence-corrected chi connectivity index (χ4v) is 2.51. The van der Waals surface area contributed by atoms with Gasteiger partial charge >= 0.3 is 0 Å². The molecule has 1 fully saturated rings. The molecule has 1 aromatic heterocycles. The Bertz CT molecular complexity index is 313. The van der Waals surface area contributed by atoms with Crippen molar-refractivity contribution in [1.82, 2.24) is 14.5 Å². The minimum Gasteiger partial charge on any atom is -0.313 e. The topological polar surface area (TPSA) is 67.1 Å². The minimum atomic E-state index is 0.853. The van der Waals surface area contributed by atoms with Crippen LogP contribution in [0, 0.1) is 5.92 Å². The number of hydrogen-bond acceptors (Lipinski definition) is 6. The summed E-state index contributed by atoms with van der Waals surface area (Å²) in [6.07, 6.45) is 2.58. The second-order valence-electron chi connectivity index (χ2n) is 3.99. The Morgan fingerprint density at radius 1 is 1.67 bits per heavy atom. The number of hydrogen-bond donors (Lipinski definition) is 2. The van der Waals surface area contributed by atoms with Gasteiger partial charge in [-0.2, -0.15) is 0 Å². The molecule has 1 unspecified atom stereocenters. The van der Waals surface area contributed by atoms with Crippen LogP contribution in [-0.2, 0) is 6.54 Å². The summed E-state index contributed by atoms with van der Waals surface area (Å²) in [5, 5.41) is 4.97. The summed E-state index contributed by atoms with van der Waals surface area (Å²) in [6.45, 7) is 5.47. The lowest BCUT2D eigenvalue weighted by molar-refractivity contribution is 0.311. The van der Waals surface area contributed by atoms with Crippen molar-refractivity contribution >= 4 is 16.5 Å². The van der Waals surface area contributed by atoms with Crippen molar-refractivity contribution in [1.29, 1.82) is 0 Å². The molecule has 6 heteroatoms. The average Bonchev–Trinajstić information content (AvgIpc) is 2.87. The van der Waals surface area contributed by atoms with E-state index >= 15 is 0 Å². The molecule has 84 valence electrons. The third-order valence-corrected chi connectivity index (χ3v) is 3.71. The Balaban J connectivity index is 1.92. The van der Waals surface area contributed by atoms with Crippen LogP contribution in [0.25, 0.3) is 0 Å². The molecule has 5 nitrogen and oxygen atoms in total. The third kappa shape index (κ3) is 2.45. The largest absolute Gasteiger partial charge is 0.313 e. The van der Waals surface area contributed by atoms with E-state index in [1.54, 1.807) is 0 Å². The number of nitrogens with two attached hydrogens (primary N) is 1. The van der Waals surface area contributed by atoms with E-state index in [0.717, 1.165) is 23.2 Å². The van der Waals surface area contributed by atoms with Gasteiger partial charge in [-0.3, -0.25) is 4.90 Å². The predicted octanol–water partition coefficient (Wildman–Crippen LogP) is 1.06. The lowest BCUT2D eigenvalue weighted by Gasteiger charge is -2.14. The number of nitrogens with zero attached hydrogens (tertiary/aromatic N) is 3. The van der Waals surface area contributed by atoms with Gasteiger partial charge in [-0.15, -0.1) is 5.10 Å². The molecule has 15 heavy (non-hydrogen) atoms. The molecule has 0 aromatic carbocycles. The summed E-state index contributed by atoms with van der Waals surface area (Å²) in [5.41, 5.74) is 3.61. The van der Waals surface area contributed by atoms with Crippen molar-refractivity contribution in [2.24, 2.45) is 11.8 Å². The molecule has 2 heterocycles. The van der Waals surface area contributed by atoms with Crippen molar-refractivity contribution in [3.8, 4) is 0 Å². The van der Waals surface area contributed by atoms with Crippen molar-refractivity contribution in [3.63, 3.8) is 0 Å². The second kappa shape index (κ2) is 4.87. The maximum absolute atomic E-state index is 5.38. The van der Waals surface area contributed by atoms with Gasteiger partial charge in [0.1, 0.15) is 10.7 Å². The van der Waals surface area contributed by atoms with Gasteiger partial charge in [-0.1, -0.05) is 17.8 Å². The number of rotatable bonds is 4. The Kier molecular flexibility index (Phi) is 3.50. The van der Waals surface area contributed by atoms with Gasteiger partial charge < -0.3 is 5.43 Å². The zero-order chi connectivity index (χ0) is 10.7. The fraction of sp³-hybridized carbons (Fsp3) is 0.778. The Hall–Kier alpha value is -0.720. The van der Waals surface area contributed by atoms with Gasteiger partial charge in [0.05, 0.1) is 0 Å². The average molecular weight is 227 g/mol. The van der Waals surface area contributed by atoms with E-state index in [1.807, 2.05) is 0 Å². The predicted molar refractivity (Wildman–Crippen MR) is 61.4 cm³/mol. The van der Waals surface area contributed by atoms with Crippen LogP contribution in [0.1, 0.15) is 25.5 Å². The zero-order valence-electron chi connectivity index (χ0n) is 8.94. The van der Waals surface area contributed by atoms with Crippen LogP contribution < -0.4 is 11.3 Å². The van der Waals surface area contributed by atoms with E-state index in [9.17, 15) is 0 Å². The molecular weight excluding hydrogens is 210 g/mol. The SMILES string of the molecule is CCC1CCN(Cc2nnsc2NN)C1. The Labute approximate surface area is 93.8 Å². The van der Waals surface area contributed by atoms with Crippen LogP contribution >= 0.6 is 11.5 Å². The first-order chi connectivity index (χ1) is 7.33. The highest BCUT2D eigenvalue weighted by atomic mass is 32.1. The molecule has 0 spiro atoms. The van der Waals surface area contributed by atoms with Crippen LogP contribution in [0.2, 0.25) is 0 Å². The second-order valence-corrected chi connectivity index (χ2v) is 4.75. The molecule has 0 bridgehead atoms. The van der Waals surface area contributed by atoms with Gasteiger partial charge in [-0.25, -0.2) is 5.84 Å². The Morgan fingerprint density at radius 3 is 3.20 bits per heavy atom. The first kappa shape index (κ1) is 10.8. The van der Waals surface area contributed by atoms with Gasteiger partial charge in [0.25, 0.3) is 0 Å². The molecular formula is C9H17N5S. The smallest absolute Gasteiger partial charge is 0.148 e. The van der Waals surface area contributed by atoms with Gasteiger partial charge in [0.2, 0.25) is 0 Å². The maximum atomic E-state index is 5.38. The first-order valence-electron chi connectivity index (χ1n) is 5.33. The Morgan fingerprint density at radius 2 is 2.53 bits per heavy atom. The van der Waals surface area contributed by atoms with E-state index < -0.39 is 0 Å². The van der Waals surface area contributed by atoms with Crippen LogP contribution in [0.15, 0.2) is 0 Å². The van der Waals surface area contributed by atoms with Crippen LogP contribution in [0.5, 0.6) is 0 Å². The van der Waals surface area contributed by atoms with Crippen molar-refractivity contribution in [2.45, 2.75) is 26.3 Å². The van der Waals surface area contributed by atoms with E-state index in [-0.39, 0.29) is 0 Å². The minimum absolute atomic E-state index is 0.853. The van der Waals surface area contributed by atoms with E-state index in [4.69, 9.17) is 5.84 Å². The monoisotopic (exact) mass is 227 g/mol. The molecule has 1 aromatic rings. The standard InChI is InChI=1S/C9H17N5S/c1-2-7-3-4-14(5-7)6-8-9(11-10)15-13-12-8/h7,11H,2-6,10H2,1H3. The number of nitrogens with one attached hydrogen (secondary N) is 1. The highest BCUT2D eigenvalue weighted by Gasteiger charge is 2.22. The molecule has 1 aliphatic heterocycles. The number of aromatic nitrogens is 2. The van der Waals surface area contributed by atoms with Crippen molar-refractivity contribution < 1.29 is 0 Å². The van der Waals surface area contributed by atoms with Crippen LogP contribution in [0.3, 0.4) is 0 Å². The van der Waals surface area contributed by atoms with Gasteiger partial charge in [-0.05, 0) is 18.9 Å². The summed E-state index contributed by atoms with van der Waals surface area (Å²) in [5.74, 6) is 6.24. The number of anilines is 1. The third-order valence-electron chi connectivity index (χ3n) is 3.01. The lowest BCUT2D eigenvalue weighted by atomic mass is 10.1. The molecule has 2 rings (SSSR count). The molecule has 0 aliphatic carbocycles. The maximum Gasteiger partial charge on any atom is 0.148 e. The number of likely N-dealkylation sites (tertiary alicyclic amines) is 1. The summed E-state index contributed by atoms with van der Waals surface area (Å²) >= 11 is 1.32. The highest BCUT2D eigenvalue weighted by Crippen LogP contribution is 2.23. The quantitative estimate of drug-likeness (QED) is 0.594. The molecule has 1 aliphatic rings. The van der Waals surface area contributed by atoms with Gasteiger partial charge in [0, 0.05) is 24.6 Å². The van der Waals surface area contributed by atoms with Crippen molar-refractivity contribution in [2.75, 3.05) is 18.5 Å². The van der Waals surface area contributed by atoms with Crippen LogP contribution in [0.4, 0.5) is 5.00 Å². The van der Waals surface area contributed by atoms with Crippen LogP contribution in [-0.4, -0.2) is 27.6 Å². The van der Waals surface area contributed by atoms with E-state index in [0.29, 0.717) is 0 Å². The summed E-state index contributed by atoms with van der Waals surface area (Å²) in [7, 11) is 0. The summed E-state index contributed by atoms with van der Waals surface area (Å²) in [6, 6.07) is 0. The number of nitrogen functional groups attached to an aromatic ring is 1. The highest BCUT2D eigenvalue weighted by molar-refractivity contribution is 7.10. The summed E-state index contributed by atoms with van der Waals surface area (Å²) < 4.78 is 3.90. The molecule has 1 atom stereocenters. The lowest BCUT2D eigenvalue weighted by Crippen LogP contribution is -2.21. The van der Waals surface area contributed by atoms with E-state index in [2.05, 4.69) is 26.8 Å². The fourth-order valence-electron chi connectivity index (χ4n) is 2.02. The van der Waals surface area contributed by atoms with E-state index in [1.165, 1.54) is 37.5 Å². The molecule has 0 radical (unpaired) electrons. The molecule has 0 saturated carbocycles. The first-order valence-corrected chi connectivity index (χ1v) is 6.11. The zero-order valence-corrected chi connectivity index (χ0v) is 9.76. The van der Waals surface area contributed by atoms with Crippen molar-refractivity contribution in [3.05, 3.63) is 5.69 Å². The molecule has 1 saturated heterocycles. The molecule has 0 amide bonds. The van der Waals surface area contributed by atoms with Gasteiger partial charge in [0.15, 0.2) is 0 Å². The molecule has 3 N–H and O–H groups in total. The normalized spacial score (nSPS) is 22.1. The summed E-state index contributed by atoms with van der Waals surface area (Å²) in [4.78, 5) is 2.42. The number of hydrazine groups is 1.